The number of hydrogen-bond acceptors (Lipinski definition) is 4. The minimum Gasteiger partial charge on any atom is -0.494 e. The number of unbranched alkanes of at least 4 members (excludes halogenated alkanes) is 6. The second-order valence-electron chi connectivity index (χ2n) is 7.34. The highest BCUT2D eigenvalue weighted by molar-refractivity contribution is 5.91. The first-order valence-corrected chi connectivity index (χ1v) is 10.8. The number of nitrogens with zero attached hydrogens (tertiary/aromatic N) is 1. The summed E-state index contributed by atoms with van der Waals surface area (Å²) in [4.78, 5) is 16.5. The molecule has 0 aliphatic carbocycles. The Morgan fingerprint density at radius 1 is 0.900 bits per heavy atom. The maximum absolute atomic E-state index is 12.3. The lowest BCUT2D eigenvalue weighted by Gasteiger charge is -2.10. The summed E-state index contributed by atoms with van der Waals surface area (Å²) in [6.45, 7) is 2.96. The van der Waals surface area contributed by atoms with Crippen molar-refractivity contribution in [1.82, 2.24) is 4.98 Å². The second-order valence-corrected chi connectivity index (χ2v) is 7.34. The van der Waals surface area contributed by atoms with E-state index < -0.39 is 6.09 Å². The molecule has 0 bridgehead atoms. The normalized spacial score (nSPS) is 10.7. The van der Waals surface area contributed by atoms with Gasteiger partial charge in [0.2, 0.25) is 0 Å². The van der Waals surface area contributed by atoms with Gasteiger partial charge in [-0.25, -0.2) is 4.79 Å². The minimum atomic E-state index is -0.551. The molecule has 158 valence electrons. The van der Waals surface area contributed by atoms with Crippen molar-refractivity contribution in [3.05, 3.63) is 60.8 Å². The van der Waals surface area contributed by atoms with Gasteiger partial charge >= 0.3 is 6.09 Å². The number of ether oxygens (including phenoxy) is 2. The standard InChI is InChI=1S/C25H30N2O3/c1-2-3-4-5-6-7-8-19-29-22-16-14-21(15-17-22)27-25(28)30-23-13-9-11-20-12-10-18-26-24(20)23/h9-18H,2-8,19H2,1H3,(H,27,28). The van der Waals surface area contributed by atoms with E-state index in [1.54, 1.807) is 12.3 Å². The zero-order valence-corrected chi connectivity index (χ0v) is 17.6. The van der Waals surface area contributed by atoms with Crippen LogP contribution >= 0.6 is 0 Å². The number of anilines is 1. The van der Waals surface area contributed by atoms with E-state index in [2.05, 4.69) is 17.2 Å². The lowest BCUT2D eigenvalue weighted by molar-refractivity contribution is 0.215. The molecular formula is C25H30N2O3. The van der Waals surface area contributed by atoms with E-state index in [1.807, 2.05) is 48.5 Å². The van der Waals surface area contributed by atoms with Crippen LogP contribution in [0.25, 0.3) is 10.9 Å². The van der Waals surface area contributed by atoms with Crippen molar-refractivity contribution in [3.63, 3.8) is 0 Å². The van der Waals surface area contributed by atoms with Crippen molar-refractivity contribution in [2.45, 2.75) is 51.9 Å². The third kappa shape index (κ3) is 6.76. The second kappa shape index (κ2) is 11.8. The van der Waals surface area contributed by atoms with Gasteiger partial charge in [0, 0.05) is 17.3 Å². The summed E-state index contributed by atoms with van der Waals surface area (Å²) in [6, 6.07) is 16.6. The van der Waals surface area contributed by atoms with Crippen LogP contribution in [-0.4, -0.2) is 17.7 Å². The highest BCUT2D eigenvalue weighted by Gasteiger charge is 2.09. The van der Waals surface area contributed by atoms with E-state index in [0.717, 1.165) is 24.2 Å². The molecule has 1 heterocycles. The maximum atomic E-state index is 12.3. The molecule has 30 heavy (non-hydrogen) atoms. The van der Waals surface area contributed by atoms with Crippen LogP contribution in [-0.2, 0) is 0 Å². The first-order chi connectivity index (χ1) is 14.8. The summed E-state index contributed by atoms with van der Waals surface area (Å²) in [7, 11) is 0. The summed E-state index contributed by atoms with van der Waals surface area (Å²) >= 11 is 0. The van der Waals surface area contributed by atoms with Crippen molar-refractivity contribution >= 4 is 22.7 Å². The van der Waals surface area contributed by atoms with Crippen LogP contribution in [0.5, 0.6) is 11.5 Å². The molecule has 3 rings (SSSR count). The number of pyridine rings is 1. The first-order valence-electron chi connectivity index (χ1n) is 10.8. The molecule has 0 aliphatic heterocycles. The van der Waals surface area contributed by atoms with Gasteiger partial charge in [-0.2, -0.15) is 0 Å². The Morgan fingerprint density at radius 3 is 2.43 bits per heavy atom. The zero-order chi connectivity index (χ0) is 21.0. The molecule has 5 nitrogen and oxygen atoms in total. The zero-order valence-electron chi connectivity index (χ0n) is 17.6. The number of amides is 1. The fraction of sp³-hybridized carbons (Fsp3) is 0.360. The lowest BCUT2D eigenvalue weighted by atomic mass is 10.1. The summed E-state index contributed by atoms with van der Waals surface area (Å²) < 4.78 is 11.2. The van der Waals surface area contributed by atoms with Crippen molar-refractivity contribution in [3.8, 4) is 11.5 Å². The van der Waals surface area contributed by atoms with Crippen LogP contribution in [0.1, 0.15) is 51.9 Å². The number of carbonyl (C=O) groups excluding carboxylic acids is 1. The third-order valence-electron chi connectivity index (χ3n) is 4.92. The van der Waals surface area contributed by atoms with E-state index in [-0.39, 0.29) is 0 Å². The summed E-state index contributed by atoms with van der Waals surface area (Å²) in [5.74, 6) is 1.23. The van der Waals surface area contributed by atoms with E-state index >= 15 is 0 Å². The Bertz CT molecular complexity index is 920. The van der Waals surface area contributed by atoms with Crippen LogP contribution < -0.4 is 14.8 Å². The molecule has 2 aromatic carbocycles. The fourth-order valence-electron chi connectivity index (χ4n) is 3.29. The van der Waals surface area contributed by atoms with Crippen molar-refractivity contribution in [2.75, 3.05) is 11.9 Å². The number of carbonyl (C=O) groups is 1. The van der Waals surface area contributed by atoms with Gasteiger partial charge in [-0.1, -0.05) is 63.6 Å². The number of fused-ring (bicyclic) bond motifs is 1. The molecule has 0 atom stereocenters. The average molecular weight is 407 g/mol. The predicted molar refractivity (Wildman–Crippen MR) is 121 cm³/mol. The smallest absolute Gasteiger partial charge is 0.417 e. The molecule has 0 radical (unpaired) electrons. The van der Waals surface area contributed by atoms with Crippen LogP contribution in [0.2, 0.25) is 0 Å². The molecule has 0 saturated heterocycles. The quantitative estimate of drug-likeness (QED) is 0.349. The number of rotatable bonds is 11. The molecule has 0 fully saturated rings. The van der Waals surface area contributed by atoms with Gasteiger partial charge in [0.1, 0.15) is 11.3 Å². The van der Waals surface area contributed by atoms with Gasteiger partial charge in [-0.15, -0.1) is 0 Å². The lowest BCUT2D eigenvalue weighted by Crippen LogP contribution is -2.16. The first kappa shape index (κ1) is 21.6. The molecule has 1 N–H and O–H groups in total. The summed E-state index contributed by atoms with van der Waals surface area (Å²) in [5, 5.41) is 3.66. The van der Waals surface area contributed by atoms with Gasteiger partial charge in [-0.3, -0.25) is 10.3 Å². The van der Waals surface area contributed by atoms with Gasteiger partial charge in [0.25, 0.3) is 0 Å². The molecule has 0 aliphatic rings. The number of para-hydroxylation sites is 1. The van der Waals surface area contributed by atoms with E-state index in [4.69, 9.17) is 9.47 Å². The highest BCUT2D eigenvalue weighted by Crippen LogP contribution is 2.24. The molecule has 0 spiro atoms. The predicted octanol–water partition coefficient (Wildman–Crippen LogP) is 6.98. The third-order valence-corrected chi connectivity index (χ3v) is 4.92. The monoisotopic (exact) mass is 406 g/mol. The Labute approximate surface area is 178 Å². The van der Waals surface area contributed by atoms with Gasteiger partial charge in [0.05, 0.1) is 6.61 Å². The van der Waals surface area contributed by atoms with Gasteiger partial charge < -0.3 is 9.47 Å². The molecular weight excluding hydrogens is 376 g/mol. The van der Waals surface area contributed by atoms with E-state index in [0.29, 0.717) is 17.0 Å². The molecule has 0 unspecified atom stereocenters. The highest BCUT2D eigenvalue weighted by atomic mass is 16.6. The Balaban J connectivity index is 1.41. The van der Waals surface area contributed by atoms with Crippen LogP contribution in [0.3, 0.4) is 0 Å². The SMILES string of the molecule is CCCCCCCCCOc1ccc(NC(=O)Oc2cccc3cccnc23)cc1. The summed E-state index contributed by atoms with van der Waals surface area (Å²) in [5.41, 5.74) is 1.31. The Morgan fingerprint density at radius 2 is 1.63 bits per heavy atom. The van der Waals surface area contributed by atoms with E-state index in [1.165, 1.54) is 38.5 Å². The van der Waals surface area contributed by atoms with Crippen LogP contribution in [0.4, 0.5) is 10.5 Å². The summed E-state index contributed by atoms with van der Waals surface area (Å²) in [6.07, 6.45) is 9.96. The van der Waals surface area contributed by atoms with Crippen molar-refractivity contribution < 1.29 is 14.3 Å². The number of hydrogen-bond donors (Lipinski definition) is 1. The molecule has 3 aromatic rings. The Hall–Kier alpha value is -3.08. The van der Waals surface area contributed by atoms with Gasteiger partial charge in [-0.05, 0) is 42.8 Å². The largest absolute Gasteiger partial charge is 0.494 e. The van der Waals surface area contributed by atoms with E-state index in [9.17, 15) is 4.79 Å². The molecule has 5 heteroatoms. The van der Waals surface area contributed by atoms with Gasteiger partial charge in [0.15, 0.2) is 5.75 Å². The molecule has 1 aromatic heterocycles. The number of nitrogens with one attached hydrogen (secondary N) is 1. The van der Waals surface area contributed by atoms with Crippen LogP contribution in [0.15, 0.2) is 60.8 Å². The van der Waals surface area contributed by atoms with Crippen molar-refractivity contribution in [2.24, 2.45) is 0 Å². The van der Waals surface area contributed by atoms with Crippen molar-refractivity contribution in [1.29, 1.82) is 0 Å². The number of aromatic nitrogens is 1. The topological polar surface area (TPSA) is 60.5 Å². The number of benzene rings is 2. The Kier molecular flexibility index (Phi) is 8.51. The van der Waals surface area contributed by atoms with Crippen LogP contribution in [0, 0.1) is 0 Å². The fourth-order valence-corrected chi connectivity index (χ4v) is 3.29. The molecule has 1 amide bonds. The maximum Gasteiger partial charge on any atom is 0.417 e. The minimum absolute atomic E-state index is 0.431. The average Bonchev–Trinajstić information content (AvgIpc) is 2.77. The molecule has 0 saturated carbocycles.